The monoisotopic (exact) mass is 428 g/mol. The highest BCUT2D eigenvalue weighted by atomic mass is 32.2. The molecule has 9 nitrogen and oxygen atoms in total. The standard InChI is InChI=1S/C20H20N4O5S/c25-19(21-15-8-6-7-14(13-15)18-22-20(26)29-23-18)16-9-2-3-10-17(16)30(27,28)24-11-4-1-5-12-24/h2-3,6-10,13H,1,4-5,11-12H2,(H,21,25)(H,22,23,26). The molecular formula is C20H20N4O5S. The highest BCUT2D eigenvalue weighted by Gasteiger charge is 2.29. The van der Waals surface area contributed by atoms with Gasteiger partial charge in [0.05, 0.1) is 10.5 Å². The van der Waals surface area contributed by atoms with Crippen molar-refractivity contribution in [1.29, 1.82) is 0 Å². The summed E-state index contributed by atoms with van der Waals surface area (Å²) in [5.74, 6) is -1.00. The van der Waals surface area contributed by atoms with Crippen LogP contribution in [0.25, 0.3) is 11.4 Å². The Kier molecular flexibility index (Phi) is 5.51. The van der Waals surface area contributed by atoms with E-state index in [0.717, 1.165) is 19.3 Å². The van der Waals surface area contributed by atoms with E-state index in [1.54, 1.807) is 36.4 Å². The van der Waals surface area contributed by atoms with Crippen molar-refractivity contribution >= 4 is 21.6 Å². The lowest BCUT2D eigenvalue weighted by Crippen LogP contribution is -2.36. The number of rotatable bonds is 5. The number of nitrogens with zero attached hydrogens (tertiary/aromatic N) is 2. The molecule has 10 heteroatoms. The summed E-state index contributed by atoms with van der Waals surface area (Å²) in [5.41, 5.74) is 1.03. The van der Waals surface area contributed by atoms with E-state index < -0.39 is 21.7 Å². The second kappa shape index (κ2) is 8.25. The number of hydrogen-bond donors (Lipinski definition) is 2. The summed E-state index contributed by atoms with van der Waals surface area (Å²) in [6.45, 7) is 0.909. The number of nitrogens with one attached hydrogen (secondary N) is 2. The van der Waals surface area contributed by atoms with E-state index in [9.17, 15) is 18.0 Å². The van der Waals surface area contributed by atoms with E-state index >= 15 is 0 Å². The van der Waals surface area contributed by atoms with Gasteiger partial charge in [-0.25, -0.2) is 13.2 Å². The number of anilines is 1. The van der Waals surface area contributed by atoms with Gasteiger partial charge in [0, 0.05) is 24.3 Å². The second-order valence-electron chi connectivity index (χ2n) is 6.94. The topological polar surface area (TPSA) is 125 Å². The predicted octanol–water partition coefficient (Wildman–Crippen LogP) is 2.46. The van der Waals surface area contributed by atoms with E-state index in [1.807, 2.05) is 0 Å². The third kappa shape index (κ3) is 4.05. The van der Waals surface area contributed by atoms with Gasteiger partial charge in [0.15, 0.2) is 5.82 Å². The van der Waals surface area contributed by atoms with Crippen molar-refractivity contribution in [3.63, 3.8) is 0 Å². The molecule has 1 saturated heterocycles. The molecule has 0 bridgehead atoms. The fourth-order valence-electron chi connectivity index (χ4n) is 3.42. The minimum atomic E-state index is -3.77. The first kappa shape index (κ1) is 20.0. The summed E-state index contributed by atoms with van der Waals surface area (Å²) in [6, 6.07) is 12.8. The molecule has 0 unspecified atom stereocenters. The van der Waals surface area contributed by atoms with Gasteiger partial charge in [-0.1, -0.05) is 35.8 Å². The van der Waals surface area contributed by atoms with Crippen molar-refractivity contribution in [2.24, 2.45) is 0 Å². The lowest BCUT2D eigenvalue weighted by molar-refractivity contribution is 0.102. The molecule has 4 rings (SSSR count). The number of hydrogen-bond acceptors (Lipinski definition) is 6. The van der Waals surface area contributed by atoms with Crippen LogP contribution in [-0.2, 0) is 10.0 Å². The molecule has 2 N–H and O–H groups in total. The number of amides is 1. The number of carbonyl (C=O) groups excluding carboxylic acids is 1. The highest BCUT2D eigenvalue weighted by molar-refractivity contribution is 7.89. The molecule has 30 heavy (non-hydrogen) atoms. The maximum atomic E-state index is 13.1. The van der Waals surface area contributed by atoms with Crippen molar-refractivity contribution in [2.45, 2.75) is 24.2 Å². The molecule has 1 aliphatic rings. The third-order valence-corrected chi connectivity index (χ3v) is 6.86. The van der Waals surface area contributed by atoms with Gasteiger partial charge in [0.2, 0.25) is 10.0 Å². The molecule has 0 atom stereocenters. The normalized spacial score (nSPS) is 15.1. The summed E-state index contributed by atoms with van der Waals surface area (Å²) >= 11 is 0. The Morgan fingerprint density at radius 3 is 2.57 bits per heavy atom. The van der Waals surface area contributed by atoms with E-state index in [2.05, 4.69) is 20.0 Å². The lowest BCUT2D eigenvalue weighted by Gasteiger charge is -2.26. The van der Waals surface area contributed by atoms with Crippen LogP contribution in [0.2, 0.25) is 0 Å². The summed E-state index contributed by atoms with van der Waals surface area (Å²) in [5, 5.41) is 6.34. The number of H-pyrrole nitrogens is 1. The first-order chi connectivity index (χ1) is 14.4. The molecule has 1 aromatic heterocycles. The number of benzene rings is 2. The van der Waals surface area contributed by atoms with E-state index in [1.165, 1.54) is 16.4 Å². The minimum absolute atomic E-state index is 0.0126. The number of piperidine rings is 1. The van der Waals surface area contributed by atoms with Crippen LogP contribution < -0.4 is 11.1 Å². The third-order valence-electron chi connectivity index (χ3n) is 4.90. The Labute approximate surface area is 172 Å². The molecule has 0 radical (unpaired) electrons. The van der Waals surface area contributed by atoms with Gasteiger partial charge in [-0.05, 0) is 37.1 Å². The molecule has 1 fully saturated rings. The van der Waals surface area contributed by atoms with Crippen LogP contribution in [0.3, 0.4) is 0 Å². The van der Waals surface area contributed by atoms with Crippen LogP contribution in [0, 0.1) is 0 Å². The predicted molar refractivity (Wildman–Crippen MR) is 110 cm³/mol. The highest BCUT2D eigenvalue weighted by Crippen LogP contribution is 2.25. The van der Waals surface area contributed by atoms with Crippen LogP contribution in [0.5, 0.6) is 0 Å². The van der Waals surface area contributed by atoms with Crippen molar-refractivity contribution < 1.29 is 17.7 Å². The van der Waals surface area contributed by atoms with Gasteiger partial charge in [0.1, 0.15) is 0 Å². The van der Waals surface area contributed by atoms with Gasteiger partial charge in [0.25, 0.3) is 5.91 Å². The zero-order valence-electron chi connectivity index (χ0n) is 16.0. The number of carbonyl (C=O) groups is 1. The largest absolute Gasteiger partial charge is 0.439 e. The van der Waals surface area contributed by atoms with Gasteiger partial charge < -0.3 is 5.32 Å². The van der Waals surface area contributed by atoms with E-state index in [4.69, 9.17) is 0 Å². The zero-order valence-corrected chi connectivity index (χ0v) is 16.8. The van der Waals surface area contributed by atoms with Crippen LogP contribution in [0.15, 0.2) is 62.7 Å². The molecule has 0 aliphatic carbocycles. The average Bonchev–Trinajstić information content (AvgIpc) is 3.21. The van der Waals surface area contributed by atoms with Gasteiger partial charge >= 0.3 is 5.76 Å². The summed E-state index contributed by atoms with van der Waals surface area (Å²) in [6.07, 6.45) is 2.62. The maximum absolute atomic E-state index is 13.1. The summed E-state index contributed by atoms with van der Waals surface area (Å²) < 4.78 is 32.1. The van der Waals surface area contributed by atoms with Crippen molar-refractivity contribution in [3.05, 3.63) is 64.6 Å². The number of aromatic nitrogens is 2. The van der Waals surface area contributed by atoms with Crippen LogP contribution in [0.4, 0.5) is 5.69 Å². The van der Waals surface area contributed by atoms with Gasteiger partial charge in [-0.15, -0.1) is 0 Å². The van der Waals surface area contributed by atoms with Gasteiger partial charge in [-0.2, -0.15) is 4.31 Å². The summed E-state index contributed by atoms with van der Waals surface area (Å²) in [7, 11) is -3.77. The molecule has 0 saturated carbocycles. The van der Waals surface area contributed by atoms with Crippen molar-refractivity contribution in [2.75, 3.05) is 18.4 Å². The van der Waals surface area contributed by atoms with Crippen LogP contribution >= 0.6 is 0 Å². The van der Waals surface area contributed by atoms with Crippen LogP contribution in [0.1, 0.15) is 29.6 Å². The molecule has 2 aromatic carbocycles. The van der Waals surface area contributed by atoms with E-state index in [-0.39, 0.29) is 16.3 Å². The minimum Gasteiger partial charge on any atom is -0.322 e. The quantitative estimate of drug-likeness (QED) is 0.643. The fraction of sp³-hybridized carbons (Fsp3) is 0.250. The molecule has 3 aromatic rings. The SMILES string of the molecule is O=C(Nc1cccc(-c2noc(=O)[nH]2)c1)c1ccccc1S(=O)(=O)N1CCCCC1. The van der Waals surface area contributed by atoms with Crippen LogP contribution in [-0.4, -0.2) is 41.9 Å². The first-order valence-corrected chi connectivity index (χ1v) is 11.0. The first-order valence-electron chi connectivity index (χ1n) is 9.52. The second-order valence-corrected chi connectivity index (χ2v) is 8.85. The van der Waals surface area contributed by atoms with Crippen molar-refractivity contribution in [1.82, 2.24) is 14.4 Å². The molecule has 1 amide bonds. The lowest BCUT2D eigenvalue weighted by atomic mass is 10.1. The summed E-state index contributed by atoms with van der Waals surface area (Å²) in [4.78, 5) is 26.5. The Balaban J connectivity index is 1.61. The Bertz CT molecular complexity index is 1230. The Morgan fingerprint density at radius 1 is 1.07 bits per heavy atom. The average molecular weight is 428 g/mol. The molecule has 156 valence electrons. The smallest absolute Gasteiger partial charge is 0.322 e. The number of sulfonamides is 1. The molecule has 1 aliphatic heterocycles. The zero-order chi connectivity index (χ0) is 21.1. The molecule has 0 spiro atoms. The Hall–Kier alpha value is -3.24. The molecule has 2 heterocycles. The van der Waals surface area contributed by atoms with E-state index in [0.29, 0.717) is 24.3 Å². The Morgan fingerprint density at radius 2 is 1.83 bits per heavy atom. The van der Waals surface area contributed by atoms with Gasteiger partial charge in [-0.3, -0.25) is 14.3 Å². The maximum Gasteiger partial charge on any atom is 0.439 e. The number of aromatic amines is 1. The molecular weight excluding hydrogens is 408 g/mol. The fourth-order valence-corrected chi connectivity index (χ4v) is 5.13. The van der Waals surface area contributed by atoms with Crippen molar-refractivity contribution in [3.8, 4) is 11.4 Å².